The maximum absolute atomic E-state index is 8.84. The molecule has 1 N–H and O–H groups in total. The Morgan fingerprint density at radius 3 is 3.00 bits per heavy atom. The summed E-state index contributed by atoms with van der Waals surface area (Å²) in [5, 5.41) is 8.84. The summed E-state index contributed by atoms with van der Waals surface area (Å²) in [6.45, 7) is 1.86. The van der Waals surface area contributed by atoms with Crippen molar-refractivity contribution < 1.29 is 5.11 Å². The number of terminal acetylenes is 1. The van der Waals surface area contributed by atoms with Crippen LogP contribution in [0.25, 0.3) is 0 Å². The van der Waals surface area contributed by atoms with Gasteiger partial charge in [-0.05, 0) is 24.5 Å². The van der Waals surface area contributed by atoms with Crippen LogP contribution in [0.3, 0.4) is 0 Å². The van der Waals surface area contributed by atoms with Crippen molar-refractivity contribution in [3.05, 3.63) is 29.1 Å². The molecule has 0 saturated heterocycles. The van der Waals surface area contributed by atoms with Gasteiger partial charge in [0, 0.05) is 11.8 Å². The van der Waals surface area contributed by atoms with E-state index in [1.807, 2.05) is 13.0 Å². The minimum absolute atomic E-state index is 0.0474. The van der Waals surface area contributed by atoms with Gasteiger partial charge in [0.2, 0.25) is 0 Å². The third-order valence-corrected chi connectivity index (χ3v) is 1.41. The van der Waals surface area contributed by atoms with Crippen LogP contribution in [0, 0.1) is 19.3 Å². The average Bonchev–Trinajstić information content (AvgIpc) is 2.04. The Hall–Kier alpha value is -1.33. The molecule has 0 atom stereocenters. The van der Waals surface area contributed by atoms with E-state index < -0.39 is 0 Å². The number of rotatable bonds is 1. The number of nitrogens with zero attached hydrogens (tertiary/aromatic N) is 1. The molecule has 2 nitrogen and oxygen atoms in total. The van der Waals surface area contributed by atoms with Gasteiger partial charge in [-0.3, -0.25) is 0 Å². The van der Waals surface area contributed by atoms with Crippen LogP contribution in [0.4, 0.5) is 0 Å². The van der Waals surface area contributed by atoms with Crippen molar-refractivity contribution in [1.29, 1.82) is 0 Å². The van der Waals surface area contributed by atoms with Gasteiger partial charge in [-0.1, -0.05) is 0 Å². The van der Waals surface area contributed by atoms with E-state index in [0.717, 1.165) is 5.56 Å². The molecule has 1 aromatic heterocycles. The quantitative estimate of drug-likeness (QED) is 0.598. The number of aromatic nitrogens is 1. The number of hydrogen-bond donors (Lipinski definition) is 1. The zero-order valence-corrected chi connectivity index (χ0v) is 6.33. The average molecular weight is 147 g/mol. The van der Waals surface area contributed by atoms with Gasteiger partial charge in [0.25, 0.3) is 0 Å². The van der Waals surface area contributed by atoms with E-state index in [9.17, 15) is 0 Å². The molecular formula is C9H9NO. The summed E-state index contributed by atoms with van der Waals surface area (Å²) in [7, 11) is 0. The second-order valence-corrected chi connectivity index (χ2v) is 2.32. The lowest BCUT2D eigenvalue weighted by Gasteiger charge is -1.99. The van der Waals surface area contributed by atoms with Crippen molar-refractivity contribution in [1.82, 2.24) is 4.98 Å². The van der Waals surface area contributed by atoms with Crippen LogP contribution in [0.15, 0.2) is 12.3 Å². The largest absolute Gasteiger partial charge is 0.392 e. The first-order valence-electron chi connectivity index (χ1n) is 3.31. The second kappa shape index (κ2) is 3.18. The predicted molar refractivity (Wildman–Crippen MR) is 42.8 cm³/mol. The molecule has 0 aliphatic rings. The lowest BCUT2D eigenvalue weighted by atomic mass is 10.1. The molecule has 1 rings (SSSR count). The minimum Gasteiger partial charge on any atom is -0.392 e. The summed E-state index contributed by atoms with van der Waals surface area (Å²) in [5.41, 5.74) is 2.25. The molecule has 0 radical (unpaired) electrons. The normalized spacial score (nSPS) is 9.18. The van der Waals surface area contributed by atoms with Gasteiger partial charge in [0.05, 0.1) is 6.61 Å². The van der Waals surface area contributed by atoms with Crippen molar-refractivity contribution >= 4 is 0 Å². The summed E-state index contributed by atoms with van der Waals surface area (Å²) in [6, 6.07) is 1.84. The van der Waals surface area contributed by atoms with Crippen LogP contribution in [0.1, 0.15) is 16.8 Å². The van der Waals surface area contributed by atoms with Gasteiger partial charge in [-0.15, -0.1) is 6.42 Å². The maximum Gasteiger partial charge on any atom is 0.118 e. The van der Waals surface area contributed by atoms with Gasteiger partial charge in [0.1, 0.15) is 5.69 Å². The molecule has 2 heteroatoms. The number of hydrogen-bond acceptors (Lipinski definition) is 2. The fraction of sp³-hybridized carbons (Fsp3) is 0.222. The van der Waals surface area contributed by atoms with Crippen LogP contribution in [-0.2, 0) is 6.61 Å². The Balaban J connectivity index is 3.19. The van der Waals surface area contributed by atoms with Gasteiger partial charge < -0.3 is 5.11 Å². The molecule has 0 bridgehead atoms. The Bertz CT molecular complexity index is 299. The fourth-order valence-corrected chi connectivity index (χ4v) is 0.880. The molecule has 0 saturated carbocycles. The first kappa shape index (κ1) is 7.77. The number of pyridine rings is 1. The van der Waals surface area contributed by atoms with E-state index in [4.69, 9.17) is 11.5 Å². The monoisotopic (exact) mass is 147 g/mol. The third kappa shape index (κ3) is 1.57. The number of aryl methyl sites for hydroxylation is 1. The van der Waals surface area contributed by atoms with Gasteiger partial charge in [-0.25, -0.2) is 4.98 Å². The Morgan fingerprint density at radius 2 is 2.45 bits per heavy atom. The lowest BCUT2D eigenvalue weighted by Crippen LogP contribution is -1.93. The smallest absolute Gasteiger partial charge is 0.118 e. The minimum atomic E-state index is -0.0474. The predicted octanol–water partition coefficient (Wildman–Crippen LogP) is 0.864. The van der Waals surface area contributed by atoms with E-state index in [-0.39, 0.29) is 6.61 Å². The highest BCUT2D eigenvalue weighted by atomic mass is 16.3. The molecule has 0 aromatic carbocycles. The number of aliphatic hydroxyl groups is 1. The van der Waals surface area contributed by atoms with Gasteiger partial charge in [0.15, 0.2) is 0 Å². The highest BCUT2D eigenvalue weighted by Crippen LogP contribution is 2.06. The molecule has 1 heterocycles. The van der Waals surface area contributed by atoms with Crippen molar-refractivity contribution in [3.8, 4) is 12.3 Å². The van der Waals surface area contributed by atoms with E-state index in [1.54, 1.807) is 6.20 Å². The van der Waals surface area contributed by atoms with E-state index in [2.05, 4.69) is 10.9 Å². The summed E-state index contributed by atoms with van der Waals surface area (Å²) in [5.74, 6) is 2.40. The first-order valence-corrected chi connectivity index (χ1v) is 3.31. The second-order valence-electron chi connectivity index (χ2n) is 2.32. The summed E-state index contributed by atoms with van der Waals surface area (Å²) < 4.78 is 0. The summed E-state index contributed by atoms with van der Waals surface area (Å²) in [4.78, 5) is 3.97. The Labute approximate surface area is 65.9 Å². The zero-order chi connectivity index (χ0) is 8.27. The molecule has 56 valence electrons. The molecular weight excluding hydrogens is 138 g/mol. The Morgan fingerprint density at radius 1 is 1.73 bits per heavy atom. The topological polar surface area (TPSA) is 33.1 Å². The maximum atomic E-state index is 8.84. The number of aliphatic hydroxyl groups excluding tert-OH is 1. The van der Waals surface area contributed by atoms with Crippen LogP contribution in [-0.4, -0.2) is 10.1 Å². The van der Waals surface area contributed by atoms with E-state index >= 15 is 0 Å². The molecule has 1 aromatic rings. The molecule has 0 spiro atoms. The van der Waals surface area contributed by atoms with E-state index in [0.29, 0.717) is 11.3 Å². The first-order chi connectivity index (χ1) is 5.27. The van der Waals surface area contributed by atoms with Crippen LogP contribution < -0.4 is 0 Å². The molecule has 0 aliphatic heterocycles. The lowest BCUT2D eigenvalue weighted by molar-refractivity contribution is 0.281. The van der Waals surface area contributed by atoms with Gasteiger partial charge >= 0.3 is 0 Å². The molecule has 0 amide bonds. The zero-order valence-electron chi connectivity index (χ0n) is 6.33. The standard InChI is InChI=1S/C9H9NO/c1-3-9-8(6-11)4-7(2)5-10-9/h1,4-5,11H,6H2,2H3. The van der Waals surface area contributed by atoms with Crippen molar-refractivity contribution in [2.24, 2.45) is 0 Å². The van der Waals surface area contributed by atoms with Crippen molar-refractivity contribution in [2.75, 3.05) is 0 Å². The van der Waals surface area contributed by atoms with Crippen LogP contribution in [0.5, 0.6) is 0 Å². The van der Waals surface area contributed by atoms with E-state index in [1.165, 1.54) is 0 Å². The summed E-state index contributed by atoms with van der Waals surface area (Å²) >= 11 is 0. The van der Waals surface area contributed by atoms with Crippen LogP contribution >= 0.6 is 0 Å². The van der Waals surface area contributed by atoms with Crippen molar-refractivity contribution in [2.45, 2.75) is 13.5 Å². The third-order valence-electron chi connectivity index (χ3n) is 1.41. The van der Waals surface area contributed by atoms with Gasteiger partial charge in [-0.2, -0.15) is 0 Å². The fourth-order valence-electron chi connectivity index (χ4n) is 0.880. The van der Waals surface area contributed by atoms with Crippen LogP contribution in [0.2, 0.25) is 0 Å². The highest BCUT2D eigenvalue weighted by molar-refractivity contribution is 5.34. The Kier molecular flexibility index (Phi) is 2.25. The summed E-state index contributed by atoms with van der Waals surface area (Å²) in [6.07, 6.45) is 6.84. The molecule has 0 aliphatic carbocycles. The van der Waals surface area contributed by atoms with Crippen molar-refractivity contribution in [3.63, 3.8) is 0 Å². The highest BCUT2D eigenvalue weighted by Gasteiger charge is 1.98. The molecule has 11 heavy (non-hydrogen) atoms. The SMILES string of the molecule is C#Cc1ncc(C)cc1CO. The molecule has 0 unspecified atom stereocenters. The molecule has 0 fully saturated rings.